The van der Waals surface area contributed by atoms with Crippen LogP contribution in [-0.4, -0.2) is 30.2 Å². The maximum atomic E-state index is 10.3. The lowest BCUT2D eigenvalue weighted by Gasteiger charge is -2.22. The quantitative estimate of drug-likeness (QED) is 0.758. The van der Waals surface area contributed by atoms with E-state index >= 15 is 0 Å². The van der Waals surface area contributed by atoms with Crippen molar-refractivity contribution in [1.82, 2.24) is 4.90 Å². The minimum Gasteiger partial charge on any atom is -0.489 e. The fourth-order valence-electron chi connectivity index (χ4n) is 2.36. The average molecular weight is 297 g/mol. The van der Waals surface area contributed by atoms with E-state index in [1.165, 1.54) is 0 Å². The Morgan fingerprint density at radius 3 is 2.55 bits per heavy atom. The Bertz CT molecular complexity index is 583. The second-order valence-electron chi connectivity index (χ2n) is 5.33. The minimum absolute atomic E-state index is 0.493. The molecule has 22 heavy (non-hydrogen) atoms. The fraction of sp³-hybridized carbons (Fsp3) is 0.263. The SMILES string of the molecule is C=CCOc1ccccc1CN(C)C[C@@H](O)c1ccccc1. The Balaban J connectivity index is 1.97. The van der Waals surface area contributed by atoms with E-state index in [-0.39, 0.29) is 0 Å². The minimum atomic E-state index is -0.493. The van der Waals surface area contributed by atoms with Crippen LogP contribution in [0.2, 0.25) is 0 Å². The molecule has 3 heteroatoms. The van der Waals surface area contributed by atoms with Crippen LogP contribution in [-0.2, 0) is 6.54 Å². The summed E-state index contributed by atoms with van der Waals surface area (Å²) in [6, 6.07) is 17.7. The lowest BCUT2D eigenvalue weighted by Crippen LogP contribution is -2.24. The molecule has 116 valence electrons. The van der Waals surface area contributed by atoms with Crippen LogP contribution in [0.3, 0.4) is 0 Å². The Hall–Kier alpha value is -2.10. The molecule has 0 spiro atoms. The third-order valence-corrected chi connectivity index (χ3v) is 3.44. The van der Waals surface area contributed by atoms with Gasteiger partial charge in [-0.05, 0) is 18.7 Å². The molecule has 0 unspecified atom stereocenters. The summed E-state index contributed by atoms with van der Waals surface area (Å²) in [5.74, 6) is 0.864. The lowest BCUT2D eigenvalue weighted by atomic mass is 10.1. The van der Waals surface area contributed by atoms with Crippen molar-refractivity contribution in [3.05, 3.63) is 78.4 Å². The highest BCUT2D eigenvalue weighted by molar-refractivity contribution is 5.33. The van der Waals surface area contributed by atoms with Crippen molar-refractivity contribution in [2.75, 3.05) is 20.2 Å². The third kappa shape index (κ3) is 4.72. The van der Waals surface area contributed by atoms with E-state index in [9.17, 15) is 5.11 Å². The van der Waals surface area contributed by atoms with Gasteiger partial charge >= 0.3 is 0 Å². The number of benzene rings is 2. The van der Waals surface area contributed by atoms with Crippen molar-refractivity contribution in [2.45, 2.75) is 12.6 Å². The maximum Gasteiger partial charge on any atom is 0.124 e. The van der Waals surface area contributed by atoms with Gasteiger partial charge in [0.2, 0.25) is 0 Å². The van der Waals surface area contributed by atoms with Crippen molar-refractivity contribution < 1.29 is 9.84 Å². The van der Waals surface area contributed by atoms with E-state index in [0.717, 1.165) is 23.4 Å². The van der Waals surface area contributed by atoms with Crippen LogP contribution in [0.25, 0.3) is 0 Å². The average Bonchev–Trinajstić information content (AvgIpc) is 2.54. The number of ether oxygens (including phenoxy) is 1. The van der Waals surface area contributed by atoms with E-state index in [1.807, 2.05) is 61.6 Å². The molecule has 1 atom stereocenters. The zero-order chi connectivity index (χ0) is 15.8. The van der Waals surface area contributed by atoms with Crippen LogP contribution in [0.5, 0.6) is 5.75 Å². The van der Waals surface area contributed by atoms with E-state index in [1.54, 1.807) is 6.08 Å². The van der Waals surface area contributed by atoms with Crippen molar-refractivity contribution in [3.63, 3.8) is 0 Å². The molecule has 1 N–H and O–H groups in total. The molecule has 2 aromatic rings. The lowest BCUT2D eigenvalue weighted by molar-refractivity contribution is 0.123. The number of hydrogen-bond acceptors (Lipinski definition) is 3. The number of hydrogen-bond donors (Lipinski definition) is 1. The predicted octanol–water partition coefficient (Wildman–Crippen LogP) is 3.42. The molecular weight excluding hydrogens is 274 g/mol. The van der Waals surface area contributed by atoms with Gasteiger partial charge in [0.15, 0.2) is 0 Å². The van der Waals surface area contributed by atoms with Crippen molar-refractivity contribution in [1.29, 1.82) is 0 Å². The van der Waals surface area contributed by atoms with Gasteiger partial charge in [0.05, 0.1) is 6.10 Å². The highest BCUT2D eigenvalue weighted by Gasteiger charge is 2.12. The number of para-hydroxylation sites is 1. The molecule has 2 rings (SSSR count). The van der Waals surface area contributed by atoms with Gasteiger partial charge in [0.25, 0.3) is 0 Å². The molecule has 0 saturated carbocycles. The Labute approximate surface area is 132 Å². The first-order valence-electron chi connectivity index (χ1n) is 7.44. The van der Waals surface area contributed by atoms with Crippen molar-refractivity contribution >= 4 is 0 Å². The first-order chi connectivity index (χ1) is 10.7. The first kappa shape index (κ1) is 16.3. The molecule has 3 nitrogen and oxygen atoms in total. The van der Waals surface area contributed by atoms with Gasteiger partial charge in [-0.15, -0.1) is 0 Å². The van der Waals surface area contributed by atoms with Crippen LogP contribution >= 0.6 is 0 Å². The number of likely N-dealkylation sites (N-methyl/N-ethyl adjacent to an activating group) is 1. The molecule has 0 aliphatic carbocycles. The smallest absolute Gasteiger partial charge is 0.124 e. The summed E-state index contributed by atoms with van der Waals surface area (Å²) in [6.07, 6.45) is 1.24. The van der Waals surface area contributed by atoms with Crippen LogP contribution in [0.1, 0.15) is 17.2 Å². The zero-order valence-electron chi connectivity index (χ0n) is 13.0. The first-order valence-corrected chi connectivity index (χ1v) is 7.44. The van der Waals surface area contributed by atoms with E-state index < -0.39 is 6.10 Å². The van der Waals surface area contributed by atoms with Gasteiger partial charge in [-0.3, -0.25) is 4.90 Å². The Morgan fingerprint density at radius 1 is 1.14 bits per heavy atom. The summed E-state index contributed by atoms with van der Waals surface area (Å²) in [4.78, 5) is 2.09. The molecule has 0 heterocycles. The normalized spacial score (nSPS) is 12.1. The molecule has 0 fully saturated rings. The second kappa shape index (κ2) is 8.37. The molecule has 0 saturated heterocycles. The summed E-state index contributed by atoms with van der Waals surface area (Å²) in [5, 5.41) is 10.3. The van der Waals surface area contributed by atoms with Gasteiger partial charge in [0.1, 0.15) is 12.4 Å². The maximum absolute atomic E-state index is 10.3. The van der Waals surface area contributed by atoms with Gasteiger partial charge in [-0.1, -0.05) is 61.2 Å². The number of aliphatic hydroxyl groups excluding tert-OH is 1. The highest BCUT2D eigenvalue weighted by Crippen LogP contribution is 2.21. The zero-order valence-corrected chi connectivity index (χ0v) is 13.0. The third-order valence-electron chi connectivity index (χ3n) is 3.44. The van der Waals surface area contributed by atoms with E-state index in [2.05, 4.69) is 11.5 Å². The standard InChI is InChI=1S/C19H23NO2/c1-3-13-22-19-12-8-7-11-17(19)14-20(2)15-18(21)16-9-5-4-6-10-16/h3-12,18,21H,1,13-15H2,2H3/t18-/m1/s1. The second-order valence-corrected chi connectivity index (χ2v) is 5.33. The van der Waals surface area contributed by atoms with Crippen molar-refractivity contribution in [3.8, 4) is 5.75 Å². The Morgan fingerprint density at radius 2 is 1.82 bits per heavy atom. The van der Waals surface area contributed by atoms with E-state index in [4.69, 9.17) is 4.74 Å². The summed E-state index contributed by atoms with van der Waals surface area (Å²) < 4.78 is 5.67. The monoisotopic (exact) mass is 297 g/mol. The summed E-state index contributed by atoms with van der Waals surface area (Å²) in [6.45, 7) is 5.45. The largest absolute Gasteiger partial charge is 0.489 e. The summed E-state index contributed by atoms with van der Waals surface area (Å²) in [7, 11) is 2.00. The van der Waals surface area contributed by atoms with Crippen LogP contribution in [0.4, 0.5) is 0 Å². The van der Waals surface area contributed by atoms with Crippen molar-refractivity contribution in [2.24, 2.45) is 0 Å². The van der Waals surface area contributed by atoms with Gasteiger partial charge in [0, 0.05) is 18.7 Å². The van der Waals surface area contributed by atoms with E-state index in [0.29, 0.717) is 13.2 Å². The Kier molecular flexibility index (Phi) is 6.19. The number of aliphatic hydroxyl groups is 1. The molecule has 0 aromatic heterocycles. The summed E-state index contributed by atoms with van der Waals surface area (Å²) in [5.41, 5.74) is 2.04. The number of nitrogens with zero attached hydrogens (tertiary/aromatic N) is 1. The van der Waals surface area contributed by atoms with Crippen LogP contribution in [0.15, 0.2) is 67.3 Å². The molecular formula is C19H23NO2. The fourth-order valence-corrected chi connectivity index (χ4v) is 2.36. The topological polar surface area (TPSA) is 32.7 Å². The van der Waals surface area contributed by atoms with Gasteiger partial charge in [-0.2, -0.15) is 0 Å². The van der Waals surface area contributed by atoms with Crippen LogP contribution in [0, 0.1) is 0 Å². The summed E-state index contributed by atoms with van der Waals surface area (Å²) >= 11 is 0. The predicted molar refractivity (Wildman–Crippen MR) is 89.9 cm³/mol. The number of rotatable bonds is 8. The molecule has 0 amide bonds. The van der Waals surface area contributed by atoms with Gasteiger partial charge in [-0.25, -0.2) is 0 Å². The molecule has 0 bridgehead atoms. The van der Waals surface area contributed by atoms with Gasteiger partial charge < -0.3 is 9.84 Å². The molecule has 2 aromatic carbocycles. The van der Waals surface area contributed by atoms with Crippen LogP contribution < -0.4 is 4.74 Å². The molecule has 0 aliphatic rings. The molecule has 0 radical (unpaired) electrons. The molecule has 0 aliphatic heterocycles. The highest BCUT2D eigenvalue weighted by atomic mass is 16.5.